The SMILES string of the molecule is Cc1ccc(S(=O)(=O)n2ncc3c(C)c(CC(CO)NC(=O)OC(C)(C)C)ccc32)cc1. The summed E-state index contributed by atoms with van der Waals surface area (Å²) in [4.78, 5) is 12.2. The molecule has 8 nitrogen and oxygen atoms in total. The normalized spacial score (nSPS) is 13.2. The number of nitrogens with zero attached hydrogens (tertiary/aromatic N) is 2. The maximum atomic E-state index is 13.1. The number of rotatable bonds is 6. The first-order valence-corrected chi connectivity index (χ1v) is 11.7. The van der Waals surface area contributed by atoms with Crippen molar-refractivity contribution in [2.45, 2.75) is 57.6 Å². The molecule has 2 aromatic carbocycles. The van der Waals surface area contributed by atoms with E-state index in [2.05, 4.69) is 10.4 Å². The van der Waals surface area contributed by atoms with Crippen LogP contribution in [0.1, 0.15) is 37.5 Å². The molecule has 1 atom stereocenters. The van der Waals surface area contributed by atoms with Gasteiger partial charge in [-0.2, -0.15) is 17.6 Å². The van der Waals surface area contributed by atoms with Crippen LogP contribution in [0.3, 0.4) is 0 Å². The number of fused-ring (bicyclic) bond motifs is 1. The number of aromatic nitrogens is 2. The lowest BCUT2D eigenvalue weighted by atomic mass is 9.99. The van der Waals surface area contributed by atoms with Gasteiger partial charge in [-0.15, -0.1) is 0 Å². The molecule has 0 spiro atoms. The summed E-state index contributed by atoms with van der Waals surface area (Å²) in [5, 5.41) is 17.2. The number of hydrogen-bond acceptors (Lipinski definition) is 6. The summed E-state index contributed by atoms with van der Waals surface area (Å²) in [5.41, 5.74) is 2.48. The Bertz CT molecular complexity index is 1220. The van der Waals surface area contributed by atoms with Gasteiger partial charge in [0.2, 0.25) is 0 Å². The molecule has 32 heavy (non-hydrogen) atoms. The number of ether oxygens (including phenoxy) is 1. The highest BCUT2D eigenvalue weighted by atomic mass is 32.2. The van der Waals surface area contributed by atoms with Gasteiger partial charge >= 0.3 is 6.09 Å². The van der Waals surface area contributed by atoms with E-state index in [9.17, 15) is 18.3 Å². The Hall–Kier alpha value is -2.91. The molecule has 172 valence electrons. The molecule has 1 heterocycles. The molecule has 3 rings (SSSR count). The van der Waals surface area contributed by atoms with E-state index in [-0.39, 0.29) is 11.5 Å². The zero-order chi connectivity index (χ0) is 23.7. The van der Waals surface area contributed by atoms with Gasteiger partial charge in [-0.25, -0.2) is 4.79 Å². The second-order valence-corrected chi connectivity index (χ2v) is 10.6. The highest BCUT2D eigenvalue weighted by Gasteiger charge is 2.23. The van der Waals surface area contributed by atoms with Crippen molar-refractivity contribution in [3.8, 4) is 0 Å². The van der Waals surface area contributed by atoms with Crippen molar-refractivity contribution in [2.24, 2.45) is 0 Å². The second-order valence-electron chi connectivity index (χ2n) is 8.82. The Morgan fingerprint density at radius 2 is 1.81 bits per heavy atom. The fraction of sp³-hybridized carbons (Fsp3) is 0.391. The lowest BCUT2D eigenvalue weighted by Gasteiger charge is -2.23. The number of benzene rings is 2. The van der Waals surface area contributed by atoms with Crippen molar-refractivity contribution < 1.29 is 23.1 Å². The fourth-order valence-electron chi connectivity index (χ4n) is 3.39. The van der Waals surface area contributed by atoms with Crippen LogP contribution < -0.4 is 5.32 Å². The van der Waals surface area contributed by atoms with Crippen LogP contribution in [-0.2, 0) is 21.2 Å². The third-order valence-corrected chi connectivity index (χ3v) is 6.67. The molecule has 3 aromatic rings. The number of carbonyl (C=O) groups excluding carboxylic acids is 1. The molecule has 0 aliphatic heterocycles. The van der Waals surface area contributed by atoms with Crippen LogP contribution in [0.2, 0.25) is 0 Å². The van der Waals surface area contributed by atoms with Crippen LogP contribution in [0.25, 0.3) is 10.9 Å². The smallest absolute Gasteiger partial charge is 0.407 e. The Balaban J connectivity index is 1.88. The van der Waals surface area contributed by atoms with Crippen LogP contribution in [0, 0.1) is 13.8 Å². The molecule has 1 amide bonds. The Kier molecular flexibility index (Phi) is 6.61. The van der Waals surface area contributed by atoms with Crippen LogP contribution in [0.4, 0.5) is 4.79 Å². The molecule has 0 radical (unpaired) electrons. The van der Waals surface area contributed by atoms with Crippen LogP contribution in [-0.4, -0.2) is 47.1 Å². The monoisotopic (exact) mass is 459 g/mol. The molecule has 0 fully saturated rings. The van der Waals surface area contributed by atoms with Crippen LogP contribution >= 0.6 is 0 Å². The molecule has 2 N–H and O–H groups in total. The second kappa shape index (κ2) is 8.91. The predicted molar refractivity (Wildman–Crippen MR) is 122 cm³/mol. The van der Waals surface area contributed by atoms with E-state index in [1.54, 1.807) is 57.2 Å². The van der Waals surface area contributed by atoms with Crippen molar-refractivity contribution >= 4 is 27.0 Å². The van der Waals surface area contributed by atoms with Crippen molar-refractivity contribution in [3.63, 3.8) is 0 Å². The molecule has 0 saturated carbocycles. The molecule has 0 aliphatic rings. The van der Waals surface area contributed by atoms with E-state index in [0.29, 0.717) is 17.3 Å². The third-order valence-electron chi connectivity index (χ3n) is 5.06. The Morgan fingerprint density at radius 1 is 1.16 bits per heavy atom. The first-order valence-electron chi connectivity index (χ1n) is 10.3. The average Bonchev–Trinajstić information content (AvgIpc) is 3.14. The Labute approximate surface area is 188 Å². The van der Waals surface area contributed by atoms with Crippen molar-refractivity contribution in [2.75, 3.05) is 6.61 Å². The number of amides is 1. The van der Waals surface area contributed by atoms with Crippen molar-refractivity contribution in [3.05, 3.63) is 59.3 Å². The van der Waals surface area contributed by atoms with Gasteiger partial charge in [0, 0.05) is 5.39 Å². The summed E-state index contributed by atoms with van der Waals surface area (Å²) < 4.78 is 32.5. The Morgan fingerprint density at radius 3 is 2.41 bits per heavy atom. The summed E-state index contributed by atoms with van der Waals surface area (Å²) in [7, 11) is -3.84. The van der Waals surface area contributed by atoms with E-state index >= 15 is 0 Å². The van der Waals surface area contributed by atoms with Crippen molar-refractivity contribution in [1.29, 1.82) is 0 Å². The lowest BCUT2D eigenvalue weighted by molar-refractivity contribution is 0.0482. The summed E-state index contributed by atoms with van der Waals surface area (Å²) in [6.07, 6.45) is 1.27. The number of alkyl carbamates (subject to hydrolysis) is 1. The van der Waals surface area contributed by atoms with Gasteiger partial charge in [-0.3, -0.25) is 0 Å². The van der Waals surface area contributed by atoms with E-state index < -0.39 is 27.8 Å². The number of carbonyl (C=O) groups is 1. The minimum atomic E-state index is -3.84. The maximum Gasteiger partial charge on any atom is 0.407 e. The molecule has 1 unspecified atom stereocenters. The largest absolute Gasteiger partial charge is 0.444 e. The van der Waals surface area contributed by atoms with Crippen LogP contribution in [0.15, 0.2) is 47.5 Å². The van der Waals surface area contributed by atoms with Gasteiger partial charge in [0.25, 0.3) is 10.0 Å². The van der Waals surface area contributed by atoms with E-state index in [1.807, 2.05) is 13.8 Å². The minimum Gasteiger partial charge on any atom is -0.444 e. The van der Waals surface area contributed by atoms with E-state index in [4.69, 9.17) is 4.74 Å². The number of aryl methyl sites for hydroxylation is 2. The van der Waals surface area contributed by atoms with Gasteiger partial charge in [0.1, 0.15) is 5.60 Å². The van der Waals surface area contributed by atoms with Gasteiger partial charge in [0.05, 0.1) is 29.3 Å². The van der Waals surface area contributed by atoms with E-state index in [1.165, 1.54) is 6.20 Å². The lowest BCUT2D eigenvalue weighted by Crippen LogP contribution is -2.42. The topological polar surface area (TPSA) is 111 Å². The van der Waals surface area contributed by atoms with Gasteiger partial charge in [-0.05, 0) is 70.4 Å². The highest BCUT2D eigenvalue weighted by Crippen LogP contribution is 2.26. The minimum absolute atomic E-state index is 0.164. The van der Waals surface area contributed by atoms with Crippen molar-refractivity contribution in [1.82, 2.24) is 14.5 Å². The quantitative estimate of drug-likeness (QED) is 0.585. The summed E-state index contributed by atoms with van der Waals surface area (Å²) >= 11 is 0. The summed E-state index contributed by atoms with van der Waals surface area (Å²) in [6, 6.07) is 9.55. The molecular weight excluding hydrogens is 430 g/mol. The number of nitrogens with one attached hydrogen (secondary N) is 1. The van der Waals surface area contributed by atoms with Gasteiger partial charge < -0.3 is 15.2 Å². The van der Waals surface area contributed by atoms with E-state index in [0.717, 1.165) is 20.8 Å². The zero-order valence-electron chi connectivity index (χ0n) is 18.9. The molecule has 0 saturated heterocycles. The average molecular weight is 460 g/mol. The third kappa shape index (κ3) is 5.11. The first-order chi connectivity index (χ1) is 14.9. The van der Waals surface area contributed by atoms with Crippen LogP contribution in [0.5, 0.6) is 0 Å². The fourth-order valence-corrected chi connectivity index (χ4v) is 4.65. The van der Waals surface area contributed by atoms with Gasteiger partial charge in [-0.1, -0.05) is 23.8 Å². The summed E-state index contributed by atoms with van der Waals surface area (Å²) in [5.74, 6) is 0. The predicted octanol–water partition coefficient (Wildman–Crippen LogP) is 3.32. The molecular formula is C23H29N3O5S. The number of aliphatic hydroxyl groups is 1. The zero-order valence-corrected chi connectivity index (χ0v) is 19.7. The molecule has 1 aromatic heterocycles. The number of aliphatic hydroxyl groups excluding tert-OH is 1. The molecule has 9 heteroatoms. The first kappa shape index (κ1) is 23.7. The van der Waals surface area contributed by atoms with Gasteiger partial charge in [0.15, 0.2) is 0 Å². The molecule has 0 bridgehead atoms. The standard InChI is InChI=1S/C23H29N3O5S/c1-15-6-9-19(10-7-15)32(29,30)26-21-11-8-17(16(2)20(21)13-24-26)12-18(14-27)25-22(28)31-23(3,4)5/h6-11,13,18,27H,12,14H2,1-5H3,(H,25,28). The molecule has 0 aliphatic carbocycles. The maximum absolute atomic E-state index is 13.1. The highest BCUT2D eigenvalue weighted by molar-refractivity contribution is 7.90. The summed E-state index contributed by atoms with van der Waals surface area (Å²) in [6.45, 7) is 8.78. The number of hydrogen-bond donors (Lipinski definition) is 2.